The molecular formula is C24H30N8. The van der Waals surface area contributed by atoms with Crippen molar-refractivity contribution in [2.24, 2.45) is 0 Å². The van der Waals surface area contributed by atoms with Crippen LogP contribution in [-0.4, -0.2) is 68.0 Å². The zero-order chi connectivity index (χ0) is 22.5. The molecule has 0 saturated carbocycles. The van der Waals surface area contributed by atoms with Crippen LogP contribution in [0, 0.1) is 0 Å². The van der Waals surface area contributed by atoms with E-state index in [0.29, 0.717) is 26.2 Å². The molecule has 4 aromatic rings. The molecule has 0 unspecified atom stereocenters. The van der Waals surface area contributed by atoms with E-state index in [4.69, 9.17) is 0 Å². The predicted octanol–water partition coefficient (Wildman–Crippen LogP) is 2.76. The van der Waals surface area contributed by atoms with E-state index in [1.807, 2.05) is 74.0 Å². The molecule has 0 saturated heterocycles. The van der Waals surface area contributed by atoms with Gasteiger partial charge in [0.1, 0.15) is 22.8 Å². The van der Waals surface area contributed by atoms with Crippen molar-refractivity contribution in [3.05, 3.63) is 83.2 Å². The van der Waals surface area contributed by atoms with Gasteiger partial charge in [-0.05, 0) is 39.3 Å². The van der Waals surface area contributed by atoms with Crippen LogP contribution in [0.15, 0.2) is 60.7 Å². The molecule has 0 aliphatic carbocycles. The Kier molecular flexibility index (Phi) is 6.72. The number of benzene rings is 2. The highest BCUT2D eigenvalue weighted by Gasteiger charge is 2.25. The molecule has 0 fully saturated rings. The summed E-state index contributed by atoms with van der Waals surface area (Å²) < 4.78 is 3.96. The number of hydrogen-bond donors (Lipinski definition) is 0. The molecule has 2 aromatic heterocycles. The highest BCUT2D eigenvalue weighted by atomic mass is 15.5. The van der Waals surface area contributed by atoms with Gasteiger partial charge in [-0.15, -0.1) is 10.2 Å². The summed E-state index contributed by atoms with van der Waals surface area (Å²) in [7, 11) is 8.17. The van der Waals surface area contributed by atoms with Crippen molar-refractivity contribution >= 4 is 0 Å². The lowest BCUT2D eigenvalue weighted by Crippen LogP contribution is -2.16. The van der Waals surface area contributed by atoms with Crippen molar-refractivity contribution in [1.29, 1.82) is 0 Å². The summed E-state index contributed by atoms with van der Waals surface area (Å²) >= 11 is 0. The van der Waals surface area contributed by atoms with Crippen molar-refractivity contribution < 1.29 is 0 Å². The number of aromatic nitrogens is 6. The van der Waals surface area contributed by atoms with E-state index in [9.17, 15) is 0 Å². The standard InChI is InChI=1S/C24H30N8/c1-29(2)17-21-23(31(27-25-21)15-19-11-7-5-8-12-19)24-22(18-30(3)4)26-28-32(24)16-20-13-9-6-10-14-20/h5-14H,15-18H2,1-4H3. The second-order valence-corrected chi connectivity index (χ2v) is 8.53. The molecule has 0 radical (unpaired) electrons. The lowest BCUT2D eigenvalue weighted by atomic mass is 10.1. The third kappa shape index (κ3) is 5.09. The van der Waals surface area contributed by atoms with Crippen LogP contribution in [0.25, 0.3) is 11.4 Å². The summed E-state index contributed by atoms with van der Waals surface area (Å²) in [6.07, 6.45) is 0. The van der Waals surface area contributed by atoms with Crippen LogP contribution < -0.4 is 0 Å². The van der Waals surface area contributed by atoms with Gasteiger partial charge in [0, 0.05) is 13.1 Å². The molecule has 0 amide bonds. The molecular weight excluding hydrogens is 400 g/mol. The minimum Gasteiger partial charge on any atom is -0.303 e. The fourth-order valence-corrected chi connectivity index (χ4v) is 3.76. The van der Waals surface area contributed by atoms with Crippen LogP contribution in [-0.2, 0) is 26.2 Å². The fraction of sp³-hybridized carbons (Fsp3) is 0.333. The van der Waals surface area contributed by atoms with Crippen LogP contribution in [0.3, 0.4) is 0 Å². The Morgan fingerprint density at radius 2 is 0.969 bits per heavy atom. The van der Waals surface area contributed by atoms with Crippen molar-refractivity contribution in [3.63, 3.8) is 0 Å². The summed E-state index contributed by atoms with van der Waals surface area (Å²) in [5.41, 5.74) is 6.13. The normalized spacial score (nSPS) is 11.6. The molecule has 4 rings (SSSR count). The van der Waals surface area contributed by atoms with E-state index in [1.165, 1.54) is 11.1 Å². The summed E-state index contributed by atoms with van der Waals surface area (Å²) in [6.45, 7) is 2.63. The fourth-order valence-electron chi connectivity index (χ4n) is 3.76. The van der Waals surface area contributed by atoms with Gasteiger partial charge in [-0.1, -0.05) is 71.1 Å². The van der Waals surface area contributed by atoms with Gasteiger partial charge in [-0.2, -0.15) is 0 Å². The van der Waals surface area contributed by atoms with Crippen LogP contribution >= 0.6 is 0 Å². The van der Waals surface area contributed by atoms with Crippen LogP contribution in [0.1, 0.15) is 22.5 Å². The highest BCUT2D eigenvalue weighted by molar-refractivity contribution is 5.61. The van der Waals surface area contributed by atoms with E-state index >= 15 is 0 Å². The molecule has 0 N–H and O–H groups in total. The van der Waals surface area contributed by atoms with Gasteiger partial charge >= 0.3 is 0 Å². The number of hydrogen-bond acceptors (Lipinski definition) is 6. The Hall–Kier alpha value is -3.36. The Bertz CT molecular complexity index is 1040. The second kappa shape index (κ2) is 9.84. The maximum absolute atomic E-state index is 4.57. The minimum atomic E-state index is 0.633. The molecule has 0 atom stereocenters. The summed E-state index contributed by atoms with van der Waals surface area (Å²) in [6, 6.07) is 20.7. The van der Waals surface area contributed by atoms with Crippen molar-refractivity contribution in [2.45, 2.75) is 26.2 Å². The third-order valence-corrected chi connectivity index (χ3v) is 5.12. The quantitative estimate of drug-likeness (QED) is 0.407. The molecule has 166 valence electrons. The maximum atomic E-state index is 4.57. The van der Waals surface area contributed by atoms with Gasteiger partial charge in [-0.3, -0.25) is 0 Å². The zero-order valence-corrected chi connectivity index (χ0v) is 19.2. The average molecular weight is 431 g/mol. The lowest BCUT2D eigenvalue weighted by molar-refractivity contribution is 0.395. The molecule has 32 heavy (non-hydrogen) atoms. The monoisotopic (exact) mass is 430 g/mol. The van der Waals surface area contributed by atoms with Gasteiger partial charge in [0.2, 0.25) is 0 Å². The van der Waals surface area contributed by atoms with Gasteiger partial charge in [0.15, 0.2) is 0 Å². The van der Waals surface area contributed by atoms with Crippen molar-refractivity contribution in [1.82, 2.24) is 39.8 Å². The van der Waals surface area contributed by atoms with E-state index in [0.717, 1.165) is 22.8 Å². The van der Waals surface area contributed by atoms with Crippen molar-refractivity contribution in [3.8, 4) is 11.4 Å². The number of nitrogens with zero attached hydrogens (tertiary/aromatic N) is 8. The first-order chi connectivity index (χ1) is 15.5. The van der Waals surface area contributed by atoms with E-state index in [1.54, 1.807) is 0 Å². The van der Waals surface area contributed by atoms with E-state index in [2.05, 4.69) is 54.7 Å². The smallest absolute Gasteiger partial charge is 0.114 e. The first-order valence-corrected chi connectivity index (χ1v) is 10.7. The van der Waals surface area contributed by atoms with Gasteiger partial charge in [-0.25, -0.2) is 9.36 Å². The summed E-state index contributed by atoms with van der Waals surface area (Å²) in [5.74, 6) is 0. The van der Waals surface area contributed by atoms with Gasteiger partial charge in [0.05, 0.1) is 13.1 Å². The van der Waals surface area contributed by atoms with Gasteiger partial charge in [0.25, 0.3) is 0 Å². The third-order valence-electron chi connectivity index (χ3n) is 5.12. The van der Waals surface area contributed by atoms with Gasteiger partial charge < -0.3 is 9.80 Å². The maximum Gasteiger partial charge on any atom is 0.114 e. The molecule has 0 aliphatic rings. The van der Waals surface area contributed by atoms with Crippen LogP contribution in [0.4, 0.5) is 0 Å². The van der Waals surface area contributed by atoms with Crippen LogP contribution in [0.5, 0.6) is 0 Å². The first-order valence-electron chi connectivity index (χ1n) is 10.7. The minimum absolute atomic E-state index is 0.633. The topological polar surface area (TPSA) is 67.9 Å². The lowest BCUT2D eigenvalue weighted by Gasteiger charge is -2.15. The molecule has 0 aliphatic heterocycles. The predicted molar refractivity (Wildman–Crippen MR) is 125 cm³/mol. The molecule has 2 heterocycles. The Labute approximate surface area is 189 Å². The van der Waals surface area contributed by atoms with Crippen LogP contribution in [0.2, 0.25) is 0 Å². The largest absolute Gasteiger partial charge is 0.303 e. The zero-order valence-electron chi connectivity index (χ0n) is 19.2. The highest BCUT2D eigenvalue weighted by Crippen LogP contribution is 2.28. The average Bonchev–Trinajstić information content (AvgIpc) is 3.32. The Morgan fingerprint density at radius 1 is 0.594 bits per heavy atom. The summed E-state index contributed by atoms with van der Waals surface area (Å²) in [4.78, 5) is 4.22. The van der Waals surface area contributed by atoms with E-state index in [-0.39, 0.29) is 0 Å². The number of rotatable bonds is 9. The van der Waals surface area contributed by atoms with Crippen molar-refractivity contribution in [2.75, 3.05) is 28.2 Å². The first kappa shape index (κ1) is 21.9. The Balaban J connectivity index is 1.84. The summed E-state index contributed by atoms with van der Waals surface area (Å²) in [5, 5.41) is 18.2. The SMILES string of the molecule is CN(C)Cc1nnn(Cc2ccccc2)c1-c1c(CN(C)C)nnn1Cc1ccccc1. The van der Waals surface area contributed by atoms with E-state index < -0.39 is 0 Å². The molecule has 0 spiro atoms. The molecule has 0 bridgehead atoms. The molecule has 8 nitrogen and oxygen atoms in total. The second-order valence-electron chi connectivity index (χ2n) is 8.53. The Morgan fingerprint density at radius 3 is 1.31 bits per heavy atom. The molecule has 8 heteroatoms. The molecule has 2 aromatic carbocycles.